The number of hydrogen-bond donors (Lipinski definition) is 4. The van der Waals surface area contributed by atoms with E-state index in [-0.39, 0.29) is 12.2 Å². The van der Waals surface area contributed by atoms with E-state index in [1.54, 1.807) is 38.1 Å². The predicted molar refractivity (Wildman–Crippen MR) is 104 cm³/mol. The number of anilines is 2. The van der Waals surface area contributed by atoms with Crippen molar-refractivity contribution in [2.24, 2.45) is 0 Å². The Bertz CT molecular complexity index is 992. The lowest BCUT2D eigenvalue weighted by Gasteiger charge is -2.21. The highest BCUT2D eigenvalue weighted by Crippen LogP contribution is 2.37. The van der Waals surface area contributed by atoms with Crippen molar-refractivity contribution in [3.05, 3.63) is 53.5 Å². The molecule has 0 spiro atoms. The van der Waals surface area contributed by atoms with Crippen molar-refractivity contribution in [3.63, 3.8) is 0 Å². The molecule has 6 N–H and O–H groups in total. The number of halogens is 1. The molecule has 0 saturated carbocycles. The fraction of sp³-hybridized carbons (Fsp3) is 0.200. The van der Waals surface area contributed by atoms with Crippen LogP contribution in [0.3, 0.4) is 0 Å². The van der Waals surface area contributed by atoms with Crippen molar-refractivity contribution in [1.29, 1.82) is 5.41 Å². The number of nitrogens with two attached hydrogens (primary N) is 2. The molecule has 0 aliphatic carbocycles. The molecule has 3 aromatic rings. The van der Waals surface area contributed by atoms with Crippen molar-refractivity contribution >= 4 is 28.5 Å². The molecule has 134 valence electrons. The molecule has 1 aromatic heterocycles. The van der Waals surface area contributed by atoms with E-state index in [1.807, 2.05) is 0 Å². The first-order valence-corrected chi connectivity index (χ1v) is 8.20. The smallest absolute Gasteiger partial charge is 0.131 e. The first-order chi connectivity index (χ1) is 12.2. The minimum atomic E-state index is -1.000. The minimum Gasteiger partial charge on any atom is -0.398 e. The zero-order valence-corrected chi connectivity index (χ0v) is 14.7. The predicted octanol–water partition coefficient (Wildman–Crippen LogP) is 3.52. The maximum Gasteiger partial charge on any atom is 0.131 e. The van der Waals surface area contributed by atoms with Crippen molar-refractivity contribution < 1.29 is 9.50 Å². The summed E-state index contributed by atoms with van der Waals surface area (Å²) in [5.41, 5.74) is 14.2. The van der Waals surface area contributed by atoms with Gasteiger partial charge in [-0.2, -0.15) is 0 Å². The molecule has 0 radical (unpaired) electrons. The number of nitrogens with one attached hydrogen (secondary N) is 1. The molecular weight excluding hydrogens is 331 g/mol. The second-order valence-electron chi connectivity index (χ2n) is 6.99. The first-order valence-electron chi connectivity index (χ1n) is 8.20. The van der Waals surface area contributed by atoms with E-state index in [2.05, 4.69) is 4.98 Å². The maximum absolute atomic E-state index is 13.4. The Labute approximate surface area is 151 Å². The summed E-state index contributed by atoms with van der Waals surface area (Å²) in [5.74, 6) is -0.0386. The standard InChI is InChI=1S/C20H21FN4O/c1-20(2,26)9-17-18(11-3-5-13(21)6-4-11)14-7-12(10-22)16(23)8-15(14)19(24)25-17/h3-8,10,22,26H,9,23H2,1-2H3,(H2,24,25). The Balaban J connectivity index is 2.41. The Morgan fingerprint density at radius 3 is 2.38 bits per heavy atom. The number of rotatable bonds is 4. The summed E-state index contributed by atoms with van der Waals surface area (Å²) in [6.45, 7) is 3.38. The third-order valence-electron chi connectivity index (χ3n) is 4.20. The van der Waals surface area contributed by atoms with Crippen LogP contribution in [0.5, 0.6) is 0 Å². The van der Waals surface area contributed by atoms with Gasteiger partial charge in [0.15, 0.2) is 0 Å². The largest absolute Gasteiger partial charge is 0.398 e. The maximum atomic E-state index is 13.4. The number of aliphatic hydroxyl groups is 1. The zero-order valence-electron chi connectivity index (χ0n) is 14.7. The zero-order chi connectivity index (χ0) is 19.1. The first kappa shape index (κ1) is 17.8. The van der Waals surface area contributed by atoms with E-state index in [9.17, 15) is 9.50 Å². The summed E-state index contributed by atoms with van der Waals surface area (Å²) in [5, 5.41) is 19.3. The van der Waals surface area contributed by atoms with Gasteiger partial charge in [0, 0.05) is 34.8 Å². The summed E-state index contributed by atoms with van der Waals surface area (Å²) in [6, 6.07) is 9.55. The van der Waals surface area contributed by atoms with Crippen LogP contribution in [0.2, 0.25) is 0 Å². The molecule has 1 heterocycles. The van der Waals surface area contributed by atoms with Crippen molar-refractivity contribution in [2.75, 3.05) is 11.5 Å². The number of nitrogen functional groups attached to an aromatic ring is 2. The molecule has 2 aromatic carbocycles. The van der Waals surface area contributed by atoms with Gasteiger partial charge in [-0.3, -0.25) is 0 Å². The monoisotopic (exact) mass is 352 g/mol. The van der Waals surface area contributed by atoms with E-state index < -0.39 is 5.60 Å². The van der Waals surface area contributed by atoms with Crippen LogP contribution in [-0.4, -0.2) is 21.9 Å². The molecule has 0 saturated heterocycles. The number of hydrogen-bond acceptors (Lipinski definition) is 5. The van der Waals surface area contributed by atoms with Crippen LogP contribution in [0.1, 0.15) is 25.1 Å². The third kappa shape index (κ3) is 3.36. The molecule has 0 bridgehead atoms. The fourth-order valence-corrected chi connectivity index (χ4v) is 3.07. The van der Waals surface area contributed by atoms with Gasteiger partial charge in [0.2, 0.25) is 0 Å². The molecule has 0 aliphatic rings. The highest BCUT2D eigenvalue weighted by molar-refractivity contribution is 6.07. The lowest BCUT2D eigenvalue weighted by atomic mass is 9.90. The number of pyridine rings is 1. The van der Waals surface area contributed by atoms with E-state index in [1.165, 1.54) is 18.3 Å². The van der Waals surface area contributed by atoms with E-state index in [0.717, 1.165) is 16.5 Å². The van der Waals surface area contributed by atoms with Gasteiger partial charge in [0.25, 0.3) is 0 Å². The van der Waals surface area contributed by atoms with Crippen LogP contribution in [0, 0.1) is 11.2 Å². The molecule has 3 rings (SSSR count). The molecule has 0 fully saturated rings. The quantitative estimate of drug-likeness (QED) is 0.425. The second kappa shape index (κ2) is 6.38. The highest BCUT2D eigenvalue weighted by Gasteiger charge is 2.22. The Hall–Kier alpha value is -2.99. The SMILES string of the molecule is CC(C)(O)Cc1nc(N)c2cc(N)c(C=N)cc2c1-c1ccc(F)cc1. The number of nitrogens with zero attached hydrogens (tertiary/aromatic N) is 1. The van der Waals surface area contributed by atoms with Gasteiger partial charge in [-0.25, -0.2) is 9.37 Å². The van der Waals surface area contributed by atoms with Gasteiger partial charge < -0.3 is 22.0 Å². The van der Waals surface area contributed by atoms with Crippen LogP contribution in [0.15, 0.2) is 36.4 Å². The molecular formula is C20H21FN4O. The van der Waals surface area contributed by atoms with E-state index in [0.29, 0.717) is 28.1 Å². The lowest BCUT2D eigenvalue weighted by molar-refractivity contribution is 0.0802. The summed E-state index contributed by atoms with van der Waals surface area (Å²) in [7, 11) is 0. The molecule has 0 aliphatic heterocycles. The van der Waals surface area contributed by atoms with Crippen LogP contribution >= 0.6 is 0 Å². The van der Waals surface area contributed by atoms with Crippen molar-refractivity contribution in [3.8, 4) is 11.1 Å². The number of benzene rings is 2. The summed E-state index contributed by atoms with van der Waals surface area (Å²) in [6.07, 6.45) is 1.44. The highest BCUT2D eigenvalue weighted by atomic mass is 19.1. The van der Waals surface area contributed by atoms with Gasteiger partial charge in [-0.05, 0) is 49.1 Å². The summed E-state index contributed by atoms with van der Waals surface area (Å²) < 4.78 is 13.4. The van der Waals surface area contributed by atoms with Crippen molar-refractivity contribution in [1.82, 2.24) is 4.98 Å². The second-order valence-corrected chi connectivity index (χ2v) is 6.99. The van der Waals surface area contributed by atoms with E-state index in [4.69, 9.17) is 16.9 Å². The Morgan fingerprint density at radius 1 is 1.15 bits per heavy atom. The normalized spacial score (nSPS) is 11.7. The average molecular weight is 352 g/mol. The number of aromatic nitrogens is 1. The molecule has 5 nitrogen and oxygen atoms in total. The Kier molecular flexibility index (Phi) is 4.38. The molecule has 0 amide bonds. The fourth-order valence-electron chi connectivity index (χ4n) is 3.07. The van der Waals surface area contributed by atoms with Crippen LogP contribution < -0.4 is 11.5 Å². The summed E-state index contributed by atoms with van der Waals surface area (Å²) in [4.78, 5) is 4.49. The van der Waals surface area contributed by atoms with Crippen LogP contribution in [-0.2, 0) is 6.42 Å². The van der Waals surface area contributed by atoms with Gasteiger partial charge in [-0.15, -0.1) is 0 Å². The lowest BCUT2D eigenvalue weighted by Crippen LogP contribution is -2.23. The third-order valence-corrected chi connectivity index (χ3v) is 4.20. The van der Waals surface area contributed by atoms with Crippen LogP contribution in [0.25, 0.3) is 21.9 Å². The van der Waals surface area contributed by atoms with Crippen LogP contribution in [0.4, 0.5) is 15.9 Å². The van der Waals surface area contributed by atoms with Gasteiger partial charge >= 0.3 is 0 Å². The minimum absolute atomic E-state index is 0.268. The van der Waals surface area contributed by atoms with Crippen molar-refractivity contribution in [2.45, 2.75) is 25.9 Å². The average Bonchev–Trinajstić information content (AvgIpc) is 2.55. The topological polar surface area (TPSA) is 109 Å². The molecule has 26 heavy (non-hydrogen) atoms. The van der Waals surface area contributed by atoms with E-state index >= 15 is 0 Å². The van der Waals surface area contributed by atoms with Gasteiger partial charge in [-0.1, -0.05) is 12.1 Å². The van der Waals surface area contributed by atoms with Gasteiger partial charge in [0.1, 0.15) is 11.6 Å². The summed E-state index contributed by atoms with van der Waals surface area (Å²) >= 11 is 0. The Morgan fingerprint density at radius 2 is 1.81 bits per heavy atom. The molecule has 6 heteroatoms. The molecule has 0 unspecified atom stereocenters. The number of fused-ring (bicyclic) bond motifs is 1. The van der Waals surface area contributed by atoms with Gasteiger partial charge in [0.05, 0.1) is 11.3 Å². The molecule has 0 atom stereocenters.